The molecule has 0 saturated carbocycles. The fourth-order valence-electron chi connectivity index (χ4n) is 2.11. The Morgan fingerprint density at radius 2 is 2.14 bits per heavy atom. The van der Waals surface area contributed by atoms with E-state index in [0.717, 1.165) is 12.1 Å². The first-order valence-electron chi connectivity index (χ1n) is 7.07. The summed E-state index contributed by atoms with van der Waals surface area (Å²) in [4.78, 5) is 11.9. The number of nitrogens with zero attached hydrogens (tertiary/aromatic N) is 3. The van der Waals surface area contributed by atoms with Crippen LogP contribution in [0.25, 0.3) is 5.65 Å². The minimum atomic E-state index is -0.235. The summed E-state index contributed by atoms with van der Waals surface area (Å²) in [5, 5.41) is 10.7. The van der Waals surface area contributed by atoms with Gasteiger partial charge in [0.05, 0.1) is 0 Å². The predicted octanol–water partition coefficient (Wildman–Crippen LogP) is 2.31. The van der Waals surface area contributed by atoms with Crippen molar-refractivity contribution in [3.63, 3.8) is 0 Å². The predicted molar refractivity (Wildman–Crippen MR) is 82.9 cm³/mol. The Labute approximate surface area is 127 Å². The number of hydrogen-bond donors (Lipinski definition) is 1. The minimum Gasteiger partial charge on any atom is -0.453 e. The van der Waals surface area contributed by atoms with Crippen LogP contribution in [0.15, 0.2) is 48.7 Å². The second-order valence-corrected chi connectivity index (χ2v) is 4.80. The second kappa shape index (κ2) is 6.26. The highest BCUT2D eigenvalue weighted by molar-refractivity contribution is 5.91. The van der Waals surface area contributed by atoms with Gasteiger partial charge in [-0.15, -0.1) is 5.10 Å². The molecule has 112 valence electrons. The molecule has 0 spiro atoms. The first-order valence-corrected chi connectivity index (χ1v) is 7.07. The molecule has 0 bridgehead atoms. The van der Waals surface area contributed by atoms with Crippen LogP contribution in [0, 0.1) is 0 Å². The summed E-state index contributed by atoms with van der Waals surface area (Å²) < 4.78 is 7.11. The number of benzene rings is 1. The molecular formula is C16H16N4O2. The molecule has 0 aliphatic heterocycles. The molecule has 1 amide bonds. The molecular weight excluding hydrogens is 280 g/mol. The average molecular weight is 296 g/mol. The Balaban J connectivity index is 1.62. The lowest BCUT2D eigenvalue weighted by molar-refractivity contribution is -0.118. The van der Waals surface area contributed by atoms with Crippen molar-refractivity contribution in [2.24, 2.45) is 0 Å². The molecule has 0 unspecified atom stereocenters. The number of nitrogens with one attached hydrogen (secondary N) is 1. The number of fused-ring (bicyclic) bond motifs is 1. The molecule has 0 aliphatic rings. The molecule has 3 rings (SSSR count). The Kier molecular flexibility index (Phi) is 4.00. The van der Waals surface area contributed by atoms with Gasteiger partial charge in [0, 0.05) is 11.9 Å². The van der Waals surface area contributed by atoms with Crippen molar-refractivity contribution in [1.82, 2.24) is 14.6 Å². The minimum absolute atomic E-state index is 0.119. The first-order chi connectivity index (χ1) is 10.8. The third-order valence-electron chi connectivity index (χ3n) is 3.23. The van der Waals surface area contributed by atoms with Gasteiger partial charge in [-0.25, -0.2) is 0 Å². The van der Waals surface area contributed by atoms with Crippen LogP contribution in [0.1, 0.15) is 12.5 Å². The van der Waals surface area contributed by atoms with Crippen molar-refractivity contribution >= 4 is 17.2 Å². The van der Waals surface area contributed by atoms with Gasteiger partial charge >= 0.3 is 6.01 Å². The smallest absolute Gasteiger partial charge is 0.322 e. The number of amides is 1. The molecule has 2 heterocycles. The molecule has 3 aromatic rings. The van der Waals surface area contributed by atoms with Gasteiger partial charge in [-0.2, -0.15) is 0 Å². The standard InChI is InChI=1S/C16H16N4O2/c1-2-12-6-5-7-13(10-12)17-15(21)11-22-16-19-18-14-8-3-4-9-20(14)16/h3-10H,2,11H2,1H3,(H,17,21). The van der Waals surface area contributed by atoms with E-state index in [0.29, 0.717) is 11.7 Å². The summed E-state index contributed by atoms with van der Waals surface area (Å²) in [7, 11) is 0. The van der Waals surface area contributed by atoms with Crippen LogP contribution in [-0.2, 0) is 11.2 Å². The van der Waals surface area contributed by atoms with Crippen LogP contribution in [0.4, 0.5) is 5.69 Å². The van der Waals surface area contributed by atoms with Crippen LogP contribution in [0.2, 0.25) is 0 Å². The van der Waals surface area contributed by atoms with E-state index in [9.17, 15) is 4.79 Å². The van der Waals surface area contributed by atoms with Crippen LogP contribution in [0.5, 0.6) is 6.01 Å². The van der Waals surface area contributed by atoms with Crippen molar-refractivity contribution in [3.05, 3.63) is 54.2 Å². The average Bonchev–Trinajstić information content (AvgIpc) is 2.96. The van der Waals surface area contributed by atoms with E-state index in [1.165, 1.54) is 5.56 Å². The highest BCUT2D eigenvalue weighted by Crippen LogP contribution is 2.12. The summed E-state index contributed by atoms with van der Waals surface area (Å²) in [5.41, 5.74) is 2.61. The van der Waals surface area contributed by atoms with Crippen molar-refractivity contribution in [2.75, 3.05) is 11.9 Å². The van der Waals surface area contributed by atoms with E-state index >= 15 is 0 Å². The molecule has 1 N–H and O–H groups in total. The van der Waals surface area contributed by atoms with Crippen LogP contribution in [-0.4, -0.2) is 27.1 Å². The molecule has 0 atom stereocenters. The molecule has 6 heteroatoms. The third-order valence-corrected chi connectivity index (χ3v) is 3.23. The Hall–Kier alpha value is -2.89. The molecule has 1 aromatic carbocycles. The Bertz CT molecular complexity index is 797. The fourth-order valence-corrected chi connectivity index (χ4v) is 2.11. The normalized spacial score (nSPS) is 10.6. The van der Waals surface area contributed by atoms with Gasteiger partial charge < -0.3 is 10.1 Å². The van der Waals surface area contributed by atoms with E-state index in [4.69, 9.17) is 4.74 Å². The summed E-state index contributed by atoms with van der Waals surface area (Å²) in [6.07, 6.45) is 2.71. The lowest BCUT2D eigenvalue weighted by atomic mass is 10.1. The maximum atomic E-state index is 11.9. The van der Waals surface area contributed by atoms with Crippen molar-refractivity contribution < 1.29 is 9.53 Å². The van der Waals surface area contributed by atoms with Crippen LogP contribution in [0.3, 0.4) is 0 Å². The van der Waals surface area contributed by atoms with E-state index < -0.39 is 0 Å². The van der Waals surface area contributed by atoms with Crippen molar-refractivity contribution in [2.45, 2.75) is 13.3 Å². The summed E-state index contributed by atoms with van der Waals surface area (Å²) in [6.45, 7) is 1.95. The topological polar surface area (TPSA) is 68.5 Å². The first kappa shape index (κ1) is 14.1. The SMILES string of the molecule is CCc1cccc(NC(=O)COc2nnc3ccccn23)c1. The number of anilines is 1. The van der Waals surface area contributed by atoms with E-state index in [-0.39, 0.29) is 12.5 Å². The summed E-state index contributed by atoms with van der Waals surface area (Å²) in [5.74, 6) is -0.235. The van der Waals surface area contributed by atoms with Gasteiger partial charge in [0.25, 0.3) is 5.91 Å². The van der Waals surface area contributed by atoms with Gasteiger partial charge in [-0.3, -0.25) is 9.20 Å². The maximum Gasteiger partial charge on any atom is 0.322 e. The lowest BCUT2D eigenvalue weighted by Crippen LogP contribution is -2.20. The van der Waals surface area contributed by atoms with Crippen molar-refractivity contribution in [1.29, 1.82) is 0 Å². The number of aromatic nitrogens is 3. The largest absolute Gasteiger partial charge is 0.453 e. The van der Waals surface area contributed by atoms with Gasteiger partial charge in [0.15, 0.2) is 12.3 Å². The molecule has 0 aliphatic carbocycles. The van der Waals surface area contributed by atoms with Gasteiger partial charge in [0.1, 0.15) is 0 Å². The summed E-state index contributed by atoms with van der Waals surface area (Å²) in [6, 6.07) is 13.6. The molecule has 0 fully saturated rings. The zero-order chi connectivity index (χ0) is 15.4. The van der Waals surface area contributed by atoms with E-state index in [2.05, 4.69) is 22.4 Å². The highest BCUT2D eigenvalue weighted by atomic mass is 16.5. The van der Waals surface area contributed by atoms with Crippen LogP contribution < -0.4 is 10.1 Å². The number of hydrogen-bond acceptors (Lipinski definition) is 4. The maximum absolute atomic E-state index is 11.9. The quantitative estimate of drug-likeness (QED) is 0.784. The number of pyridine rings is 1. The number of carbonyl (C=O) groups excluding carboxylic acids is 1. The van der Waals surface area contributed by atoms with Crippen molar-refractivity contribution in [3.8, 4) is 6.01 Å². The van der Waals surface area contributed by atoms with E-state index in [1.807, 2.05) is 42.5 Å². The summed E-state index contributed by atoms with van der Waals surface area (Å²) >= 11 is 0. The van der Waals surface area contributed by atoms with E-state index in [1.54, 1.807) is 10.6 Å². The fraction of sp³-hybridized carbons (Fsp3) is 0.188. The highest BCUT2D eigenvalue weighted by Gasteiger charge is 2.09. The lowest BCUT2D eigenvalue weighted by Gasteiger charge is -2.07. The Morgan fingerprint density at radius 1 is 1.23 bits per heavy atom. The number of ether oxygens (including phenoxy) is 1. The Morgan fingerprint density at radius 3 is 3.00 bits per heavy atom. The second-order valence-electron chi connectivity index (χ2n) is 4.80. The van der Waals surface area contributed by atoms with Gasteiger partial charge in [-0.1, -0.05) is 30.2 Å². The molecule has 6 nitrogen and oxygen atoms in total. The number of aryl methyl sites for hydroxylation is 1. The number of rotatable bonds is 5. The molecule has 2 aromatic heterocycles. The molecule has 22 heavy (non-hydrogen) atoms. The zero-order valence-corrected chi connectivity index (χ0v) is 12.2. The van der Waals surface area contributed by atoms with Gasteiger partial charge in [-0.05, 0) is 36.2 Å². The van der Waals surface area contributed by atoms with Crippen LogP contribution >= 0.6 is 0 Å². The number of carbonyl (C=O) groups is 1. The molecule has 0 saturated heterocycles. The zero-order valence-electron chi connectivity index (χ0n) is 12.2. The monoisotopic (exact) mass is 296 g/mol. The third kappa shape index (κ3) is 3.06. The van der Waals surface area contributed by atoms with Gasteiger partial charge in [0.2, 0.25) is 0 Å². The molecule has 0 radical (unpaired) electrons.